The van der Waals surface area contributed by atoms with Crippen LogP contribution in [-0.4, -0.2) is 67.4 Å². The lowest BCUT2D eigenvalue weighted by Crippen LogP contribution is -2.42. The number of piperidine rings is 1. The van der Waals surface area contributed by atoms with Crippen LogP contribution in [0.15, 0.2) is 24.3 Å². The Labute approximate surface area is 153 Å². The maximum absolute atomic E-state index is 10.3. The Balaban J connectivity index is 1.61. The second-order valence-corrected chi connectivity index (χ2v) is 7.64. The highest BCUT2D eigenvalue weighted by Gasteiger charge is 2.22. The van der Waals surface area contributed by atoms with Crippen molar-refractivity contribution in [2.75, 3.05) is 46.4 Å². The third-order valence-corrected chi connectivity index (χ3v) is 5.10. The number of likely N-dealkylation sites (tertiary alicyclic amines) is 1. The topological polar surface area (TPSA) is 35.9 Å². The summed E-state index contributed by atoms with van der Waals surface area (Å²) in [6.07, 6.45) is 4.61. The highest BCUT2D eigenvalue weighted by atomic mass is 16.5. The number of benzene rings is 1. The van der Waals surface area contributed by atoms with E-state index in [4.69, 9.17) is 4.74 Å². The van der Waals surface area contributed by atoms with Crippen LogP contribution in [-0.2, 0) is 0 Å². The molecule has 0 amide bonds. The molecule has 0 spiro atoms. The molecule has 1 aliphatic rings. The van der Waals surface area contributed by atoms with Gasteiger partial charge in [-0.2, -0.15) is 0 Å². The fraction of sp³-hybridized carbons (Fsp3) is 0.714. The molecule has 1 heterocycles. The molecular formula is C21H36N2O2. The summed E-state index contributed by atoms with van der Waals surface area (Å²) in [5.41, 5.74) is 1.22. The van der Waals surface area contributed by atoms with Gasteiger partial charge in [-0.25, -0.2) is 0 Å². The third kappa shape index (κ3) is 7.76. The molecule has 1 aromatic rings. The minimum absolute atomic E-state index is 0.364. The number of aryl methyl sites for hydroxylation is 1. The Kier molecular flexibility index (Phi) is 8.73. The summed E-state index contributed by atoms with van der Waals surface area (Å²) in [5.74, 6) is 1.64. The van der Waals surface area contributed by atoms with Crippen LogP contribution in [0.5, 0.6) is 5.75 Å². The van der Waals surface area contributed by atoms with Gasteiger partial charge in [0.15, 0.2) is 0 Å². The average Bonchev–Trinajstić information content (AvgIpc) is 2.61. The molecule has 1 aliphatic heterocycles. The summed E-state index contributed by atoms with van der Waals surface area (Å²) in [6.45, 7) is 10.00. The van der Waals surface area contributed by atoms with Gasteiger partial charge >= 0.3 is 0 Å². The van der Waals surface area contributed by atoms with Crippen LogP contribution in [0.4, 0.5) is 0 Å². The van der Waals surface area contributed by atoms with E-state index in [0.29, 0.717) is 13.2 Å². The molecule has 0 aromatic heterocycles. The van der Waals surface area contributed by atoms with E-state index in [2.05, 4.69) is 30.7 Å². The van der Waals surface area contributed by atoms with Gasteiger partial charge in [0.05, 0.1) is 0 Å². The van der Waals surface area contributed by atoms with Gasteiger partial charge in [-0.05, 0) is 70.9 Å². The van der Waals surface area contributed by atoms with Crippen molar-refractivity contribution in [2.45, 2.75) is 45.6 Å². The van der Waals surface area contributed by atoms with Crippen molar-refractivity contribution >= 4 is 0 Å². The van der Waals surface area contributed by atoms with E-state index in [1.807, 2.05) is 24.3 Å². The Morgan fingerprint density at radius 1 is 1.24 bits per heavy atom. The van der Waals surface area contributed by atoms with E-state index >= 15 is 0 Å². The van der Waals surface area contributed by atoms with E-state index in [1.165, 1.54) is 44.3 Å². The first-order valence-electron chi connectivity index (χ1n) is 9.85. The molecule has 2 rings (SSSR count). The van der Waals surface area contributed by atoms with Gasteiger partial charge < -0.3 is 19.6 Å². The van der Waals surface area contributed by atoms with Crippen LogP contribution >= 0.6 is 0 Å². The van der Waals surface area contributed by atoms with Crippen molar-refractivity contribution in [1.29, 1.82) is 0 Å². The van der Waals surface area contributed by atoms with Crippen molar-refractivity contribution in [2.24, 2.45) is 5.92 Å². The molecule has 142 valence electrons. The minimum atomic E-state index is -0.426. The molecule has 4 heteroatoms. The van der Waals surface area contributed by atoms with Crippen LogP contribution in [0.25, 0.3) is 0 Å². The zero-order chi connectivity index (χ0) is 18.1. The number of hydrogen-bond acceptors (Lipinski definition) is 4. The molecule has 0 aliphatic carbocycles. The molecule has 1 saturated heterocycles. The fourth-order valence-electron chi connectivity index (χ4n) is 3.49. The van der Waals surface area contributed by atoms with Crippen molar-refractivity contribution in [3.63, 3.8) is 0 Å². The Morgan fingerprint density at radius 3 is 2.56 bits per heavy atom. The summed E-state index contributed by atoms with van der Waals surface area (Å²) >= 11 is 0. The standard InChI is InChI=1S/C21H36N2O2/c1-4-5-12-22(3)15-19-10-13-23(14-11-19)16-20(24)17-25-21-8-6-18(2)7-9-21/h6-9,19-20,24H,4-5,10-17H2,1-3H3. The lowest BCUT2D eigenvalue weighted by Gasteiger charge is -2.34. The van der Waals surface area contributed by atoms with Gasteiger partial charge in [-0.1, -0.05) is 31.0 Å². The molecule has 1 atom stereocenters. The van der Waals surface area contributed by atoms with E-state index in [0.717, 1.165) is 24.8 Å². The summed E-state index contributed by atoms with van der Waals surface area (Å²) in [5, 5.41) is 10.3. The Morgan fingerprint density at radius 2 is 1.92 bits per heavy atom. The minimum Gasteiger partial charge on any atom is -0.491 e. The zero-order valence-electron chi connectivity index (χ0n) is 16.3. The fourth-order valence-corrected chi connectivity index (χ4v) is 3.49. The molecule has 0 saturated carbocycles. The second kappa shape index (κ2) is 10.8. The van der Waals surface area contributed by atoms with Crippen LogP contribution in [0.2, 0.25) is 0 Å². The molecule has 25 heavy (non-hydrogen) atoms. The monoisotopic (exact) mass is 348 g/mol. The first-order valence-corrected chi connectivity index (χ1v) is 9.85. The normalized spacial score (nSPS) is 17.8. The van der Waals surface area contributed by atoms with Crippen LogP contribution < -0.4 is 4.74 Å². The molecule has 1 aromatic carbocycles. The molecule has 1 N–H and O–H groups in total. The highest BCUT2D eigenvalue weighted by Crippen LogP contribution is 2.19. The molecule has 1 fully saturated rings. The molecule has 0 radical (unpaired) electrons. The van der Waals surface area contributed by atoms with Crippen molar-refractivity contribution in [3.05, 3.63) is 29.8 Å². The van der Waals surface area contributed by atoms with Gasteiger partial charge in [0.2, 0.25) is 0 Å². The summed E-state index contributed by atoms with van der Waals surface area (Å²) in [6, 6.07) is 7.99. The number of aliphatic hydroxyl groups is 1. The van der Waals surface area contributed by atoms with Gasteiger partial charge in [0.25, 0.3) is 0 Å². The van der Waals surface area contributed by atoms with Crippen molar-refractivity contribution < 1.29 is 9.84 Å². The van der Waals surface area contributed by atoms with E-state index in [9.17, 15) is 5.11 Å². The van der Waals surface area contributed by atoms with Crippen molar-refractivity contribution in [1.82, 2.24) is 9.80 Å². The Hall–Kier alpha value is -1.10. The number of aliphatic hydroxyl groups excluding tert-OH is 1. The van der Waals surface area contributed by atoms with Crippen LogP contribution in [0.1, 0.15) is 38.2 Å². The number of unbranched alkanes of at least 4 members (excludes halogenated alkanes) is 1. The van der Waals surface area contributed by atoms with Gasteiger partial charge in [-0.3, -0.25) is 0 Å². The second-order valence-electron chi connectivity index (χ2n) is 7.64. The van der Waals surface area contributed by atoms with E-state index in [1.54, 1.807) is 0 Å². The predicted octanol–water partition coefficient (Wildman–Crippen LogP) is 3.18. The number of nitrogens with zero attached hydrogens (tertiary/aromatic N) is 2. The molecule has 1 unspecified atom stereocenters. The highest BCUT2D eigenvalue weighted by molar-refractivity contribution is 5.26. The first kappa shape index (κ1) is 20.2. The molecular weight excluding hydrogens is 312 g/mol. The Bertz CT molecular complexity index is 469. The smallest absolute Gasteiger partial charge is 0.119 e. The number of rotatable bonds is 10. The summed E-state index contributed by atoms with van der Waals surface area (Å²) in [4.78, 5) is 4.86. The maximum Gasteiger partial charge on any atom is 0.119 e. The maximum atomic E-state index is 10.3. The number of ether oxygens (including phenoxy) is 1. The van der Waals surface area contributed by atoms with Crippen molar-refractivity contribution in [3.8, 4) is 5.75 Å². The van der Waals surface area contributed by atoms with Gasteiger partial charge in [0.1, 0.15) is 18.5 Å². The van der Waals surface area contributed by atoms with Gasteiger partial charge in [-0.15, -0.1) is 0 Å². The lowest BCUT2D eigenvalue weighted by atomic mass is 9.96. The van der Waals surface area contributed by atoms with E-state index < -0.39 is 6.10 Å². The predicted molar refractivity (Wildman–Crippen MR) is 104 cm³/mol. The summed E-state index contributed by atoms with van der Waals surface area (Å²) < 4.78 is 5.69. The SMILES string of the molecule is CCCCN(C)CC1CCN(CC(O)COc2ccc(C)cc2)CC1. The zero-order valence-corrected chi connectivity index (χ0v) is 16.3. The molecule has 0 bridgehead atoms. The largest absolute Gasteiger partial charge is 0.491 e. The number of hydrogen-bond donors (Lipinski definition) is 1. The quantitative estimate of drug-likeness (QED) is 0.704. The lowest BCUT2D eigenvalue weighted by molar-refractivity contribution is 0.0521. The summed E-state index contributed by atoms with van der Waals surface area (Å²) in [7, 11) is 2.24. The molecule has 4 nitrogen and oxygen atoms in total. The number of β-amino-alcohol motifs (C(OH)–C–C–N with tert-alkyl or cyclic N) is 1. The van der Waals surface area contributed by atoms with Crippen LogP contribution in [0.3, 0.4) is 0 Å². The third-order valence-electron chi connectivity index (χ3n) is 5.10. The average molecular weight is 349 g/mol. The van der Waals surface area contributed by atoms with Gasteiger partial charge in [0, 0.05) is 13.1 Å². The van der Waals surface area contributed by atoms with E-state index in [-0.39, 0.29) is 0 Å². The first-order chi connectivity index (χ1) is 12.1. The van der Waals surface area contributed by atoms with Crippen LogP contribution in [0, 0.1) is 12.8 Å².